The monoisotopic (exact) mass is 278 g/mol. The second-order valence-corrected chi connectivity index (χ2v) is 5.48. The Morgan fingerprint density at radius 1 is 1.30 bits per heavy atom. The Balaban J connectivity index is 2.62. The zero-order valence-electron chi connectivity index (χ0n) is 12.9. The molecule has 0 amide bonds. The lowest BCUT2D eigenvalue weighted by Gasteiger charge is -2.23. The molecule has 0 aromatic rings. The first kappa shape index (κ1) is 16.7. The molecule has 0 aromatic carbocycles. The molecular formula is C17H26O3. The molecule has 0 saturated heterocycles. The van der Waals surface area contributed by atoms with Crippen LogP contribution in [0.25, 0.3) is 0 Å². The fourth-order valence-corrected chi connectivity index (χ4v) is 2.46. The van der Waals surface area contributed by atoms with Crippen molar-refractivity contribution in [3.05, 3.63) is 23.5 Å². The van der Waals surface area contributed by atoms with Gasteiger partial charge in [-0.2, -0.15) is 0 Å². The molecule has 1 aliphatic carbocycles. The lowest BCUT2D eigenvalue weighted by atomic mass is 9.81. The predicted octanol–water partition coefficient (Wildman–Crippen LogP) is 4.33. The van der Waals surface area contributed by atoms with Crippen molar-refractivity contribution >= 4 is 11.8 Å². The smallest absolute Gasteiger partial charge is 0.338 e. The van der Waals surface area contributed by atoms with E-state index in [1.165, 1.54) is 6.26 Å². The number of carbonyl (C=O) groups excluding carboxylic acids is 2. The van der Waals surface area contributed by atoms with E-state index < -0.39 is 0 Å². The van der Waals surface area contributed by atoms with Gasteiger partial charge in [0, 0.05) is 17.9 Å². The molecule has 0 fully saturated rings. The summed E-state index contributed by atoms with van der Waals surface area (Å²) in [5, 5.41) is 0. The Hall–Kier alpha value is -1.38. The number of Topliss-reactive ketones (excluding diaryl/α,β-unsaturated/α-hetero) is 1. The van der Waals surface area contributed by atoms with Crippen molar-refractivity contribution in [3.8, 4) is 0 Å². The number of ether oxygens (including phenoxy) is 1. The molecule has 0 aliphatic heterocycles. The van der Waals surface area contributed by atoms with Crippen LogP contribution in [0.5, 0.6) is 0 Å². The maximum absolute atomic E-state index is 12.1. The van der Waals surface area contributed by atoms with Crippen LogP contribution in [0, 0.1) is 5.92 Å². The van der Waals surface area contributed by atoms with Gasteiger partial charge < -0.3 is 4.74 Å². The number of esters is 1. The van der Waals surface area contributed by atoms with Crippen LogP contribution in [0.4, 0.5) is 0 Å². The summed E-state index contributed by atoms with van der Waals surface area (Å²) < 4.78 is 5.15. The van der Waals surface area contributed by atoms with Crippen molar-refractivity contribution in [2.75, 3.05) is 0 Å². The summed E-state index contributed by atoms with van der Waals surface area (Å²) in [6.07, 6.45) is 8.99. The van der Waals surface area contributed by atoms with Gasteiger partial charge in [-0.25, -0.2) is 4.79 Å². The lowest BCUT2D eigenvalue weighted by molar-refractivity contribution is -0.134. The Bertz CT molecular complexity index is 404. The van der Waals surface area contributed by atoms with Gasteiger partial charge in [-0.3, -0.25) is 4.79 Å². The summed E-state index contributed by atoms with van der Waals surface area (Å²) in [6, 6.07) is 0. The Kier molecular flexibility index (Phi) is 7.27. The van der Waals surface area contributed by atoms with Gasteiger partial charge in [-0.1, -0.05) is 25.8 Å². The quantitative estimate of drug-likeness (QED) is 0.514. The van der Waals surface area contributed by atoms with E-state index in [9.17, 15) is 9.59 Å². The zero-order chi connectivity index (χ0) is 15.0. The third-order valence-electron chi connectivity index (χ3n) is 3.76. The molecule has 1 aliphatic rings. The van der Waals surface area contributed by atoms with E-state index in [4.69, 9.17) is 4.74 Å². The SMILES string of the molecule is CCC/C=C\OC(=O)C1=C(C)CCC(C(=O)CCC)C1. The highest BCUT2D eigenvalue weighted by Gasteiger charge is 2.28. The van der Waals surface area contributed by atoms with Gasteiger partial charge in [-0.15, -0.1) is 0 Å². The maximum atomic E-state index is 12.1. The van der Waals surface area contributed by atoms with Crippen molar-refractivity contribution in [1.29, 1.82) is 0 Å². The van der Waals surface area contributed by atoms with Crippen molar-refractivity contribution in [1.82, 2.24) is 0 Å². The molecule has 0 aromatic heterocycles. The standard InChI is InChI=1S/C17H26O3/c1-4-6-7-11-20-17(19)15-12-14(10-9-13(15)3)16(18)8-5-2/h7,11,14H,4-6,8-10,12H2,1-3H3/b11-7-. The van der Waals surface area contributed by atoms with Crippen molar-refractivity contribution < 1.29 is 14.3 Å². The topological polar surface area (TPSA) is 43.4 Å². The number of carbonyl (C=O) groups is 2. The Labute approximate surface area is 122 Å². The highest BCUT2D eigenvalue weighted by atomic mass is 16.5. The van der Waals surface area contributed by atoms with E-state index in [2.05, 4.69) is 6.92 Å². The van der Waals surface area contributed by atoms with Crippen LogP contribution in [-0.2, 0) is 14.3 Å². The molecule has 3 nitrogen and oxygen atoms in total. The molecule has 1 atom stereocenters. The van der Waals surface area contributed by atoms with Crippen LogP contribution >= 0.6 is 0 Å². The minimum atomic E-state index is -0.288. The number of rotatable bonds is 7. The molecule has 0 spiro atoms. The molecule has 1 unspecified atom stereocenters. The molecule has 1 rings (SSSR count). The molecule has 20 heavy (non-hydrogen) atoms. The second kappa shape index (κ2) is 8.72. The third-order valence-corrected chi connectivity index (χ3v) is 3.76. The van der Waals surface area contributed by atoms with Gasteiger partial charge in [0.25, 0.3) is 0 Å². The van der Waals surface area contributed by atoms with Crippen LogP contribution in [0.15, 0.2) is 23.5 Å². The first-order valence-electron chi connectivity index (χ1n) is 7.67. The summed E-state index contributed by atoms with van der Waals surface area (Å²) >= 11 is 0. The molecular weight excluding hydrogens is 252 g/mol. The highest BCUT2D eigenvalue weighted by Crippen LogP contribution is 2.31. The largest absolute Gasteiger partial charge is 0.431 e. The molecule has 0 radical (unpaired) electrons. The van der Waals surface area contributed by atoms with E-state index in [0.717, 1.165) is 37.7 Å². The lowest BCUT2D eigenvalue weighted by Crippen LogP contribution is -2.22. The van der Waals surface area contributed by atoms with Gasteiger partial charge in [0.15, 0.2) is 0 Å². The van der Waals surface area contributed by atoms with Gasteiger partial charge in [0.05, 0.1) is 6.26 Å². The summed E-state index contributed by atoms with van der Waals surface area (Å²) in [5.74, 6) is -0.00324. The minimum absolute atomic E-state index is 0.000761. The number of unbranched alkanes of at least 4 members (excludes halogenated alkanes) is 1. The first-order valence-corrected chi connectivity index (χ1v) is 7.67. The summed E-state index contributed by atoms with van der Waals surface area (Å²) in [5.41, 5.74) is 1.77. The normalized spacial score (nSPS) is 19.4. The number of allylic oxidation sites excluding steroid dienone is 2. The molecule has 3 heteroatoms. The third kappa shape index (κ3) is 4.95. The van der Waals surface area contributed by atoms with Gasteiger partial charge >= 0.3 is 5.97 Å². The summed E-state index contributed by atoms with van der Waals surface area (Å²) in [7, 11) is 0. The van der Waals surface area contributed by atoms with Gasteiger partial charge in [0.1, 0.15) is 5.78 Å². The van der Waals surface area contributed by atoms with E-state index in [-0.39, 0.29) is 17.7 Å². The first-order chi connectivity index (χ1) is 9.60. The summed E-state index contributed by atoms with van der Waals surface area (Å²) in [4.78, 5) is 24.0. The van der Waals surface area contributed by atoms with E-state index in [1.807, 2.05) is 19.9 Å². The molecule has 0 bridgehead atoms. The minimum Gasteiger partial charge on any atom is -0.431 e. The van der Waals surface area contributed by atoms with Crippen molar-refractivity contribution in [3.63, 3.8) is 0 Å². The molecule has 0 heterocycles. The Morgan fingerprint density at radius 3 is 2.70 bits per heavy atom. The molecule has 0 saturated carbocycles. The van der Waals surface area contributed by atoms with Gasteiger partial charge in [-0.05, 0) is 45.1 Å². The van der Waals surface area contributed by atoms with Crippen LogP contribution in [0.3, 0.4) is 0 Å². The summed E-state index contributed by atoms with van der Waals surface area (Å²) in [6.45, 7) is 6.05. The van der Waals surface area contributed by atoms with Crippen LogP contribution < -0.4 is 0 Å². The maximum Gasteiger partial charge on any atom is 0.338 e. The van der Waals surface area contributed by atoms with E-state index in [1.54, 1.807) is 0 Å². The van der Waals surface area contributed by atoms with Gasteiger partial charge in [0.2, 0.25) is 0 Å². The average Bonchev–Trinajstić information content (AvgIpc) is 2.44. The fraction of sp³-hybridized carbons (Fsp3) is 0.647. The van der Waals surface area contributed by atoms with Crippen LogP contribution in [0.1, 0.15) is 65.7 Å². The molecule has 112 valence electrons. The zero-order valence-corrected chi connectivity index (χ0v) is 12.9. The number of ketones is 1. The molecule has 0 N–H and O–H groups in total. The number of hydrogen-bond acceptors (Lipinski definition) is 3. The predicted molar refractivity (Wildman–Crippen MR) is 80.1 cm³/mol. The van der Waals surface area contributed by atoms with Crippen LogP contribution in [0.2, 0.25) is 0 Å². The number of hydrogen-bond donors (Lipinski definition) is 0. The Morgan fingerprint density at radius 2 is 2.05 bits per heavy atom. The average molecular weight is 278 g/mol. The van der Waals surface area contributed by atoms with Crippen molar-refractivity contribution in [2.45, 2.75) is 65.7 Å². The highest BCUT2D eigenvalue weighted by molar-refractivity contribution is 5.92. The fourth-order valence-electron chi connectivity index (χ4n) is 2.46. The van der Waals surface area contributed by atoms with Crippen molar-refractivity contribution in [2.24, 2.45) is 5.92 Å². The van der Waals surface area contributed by atoms with E-state index >= 15 is 0 Å². The van der Waals surface area contributed by atoms with Crippen LogP contribution in [-0.4, -0.2) is 11.8 Å². The van der Waals surface area contributed by atoms with E-state index in [0.29, 0.717) is 18.4 Å². The second-order valence-electron chi connectivity index (χ2n) is 5.48.